The van der Waals surface area contributed by atoms with Crippen LogP contribution in [0.5, 0.6) is 5.88 Å². The Labute approximate surface area is 163 Å². The predicted molar refractivity (Wildman–Crippen MR) is 108 cm³/mol. The van der Waals surface area contributed by atoms with Crippen LogP contribution in [0, 0.1) is 0 Å². The quantitative estimate of drug-likeness (QED) is 0.554. The van der Waals surface area contributed by atoms with Gasteiger partial charge in [0.15, 0.2) is 5.65 Å². The van der Waals surface area contributed by atoms with E-state index in [0.29, 0.717) is 28.7 Å². The fourth-order valence-corrected chi connectivity index (χ4v) is 3.07. The number of halogens is 1. The molecule has 0 saturated carbocycles. The summed E-state index contributed by atoms with van der Waals surface area (Å²) in [6.45, 7) is 7.72. The predicted octanol–water partition coefficient (Wildman–Crippen LogP) is 3.52. The zero-order chi connectivity index (χ0) is 19.2. The van der Waals surface area contributed by atoms with Gasteiger partial charge in [0.25, 0.3) is 5.56 Å². The monoisotopic (exact) mass is 386 g/mol. The van der Waals surface area contributed by atoms with E-state index in [1.165, 1.54) is 4.40 Å². The molecule has 0 radical (unpaired) electrons. The minimum absolute atomic E-state index is 0.191. The van der Waals surface area contributed by atoms with Gasteiger partial charge in [-0.15, -0.1) is 0 Å². The van der Waals surface area contributed by atoms with Crippen molar-refractivity contribution in [1.29, 1.82) is 0 Å². The zero-order valence-electron chi connectivity index (χ0n) is 15.6. The van der Waals surface area contributed by atoms with Crippen molar-refractivity contribution < 1.29 is 4.74 Å². The average Bonchev–Trinajstić information content (AvgIpc) is 2.69. The van der Waals surface area contributed by atoms with Gasteiger partial charge in [-0.1, -0.05) is 37.6 Å². The van der Waals surface area contributed by atoms with Gasteiger partial charge in [0.1, 0.15) is 5.56 Å². The molecule has 6 nitrogen and oxygen atoms in total. The van der Waals surface area contributed by atoms with Crippen molar-refractivity contribution in [2.45, 2.75) is 20.3 Å². The van der Waals surface area contributed by atoms with Crippen LogP contribution < -0.4 is 10.3 Å². The largest absolute Gasteiger partial charge is 0.477 e. The third-order valence-corrected chi connectivity index (χ3v) is 4.74. The van der Waals surface area contributed by atoms with Crippen LogP contribution in [0.15, 0.2) is 47.7 Å². The van der Waals surface area contributed by atoms with Gasteiger partial charge in [-0.3, -0.25) is 14.2 Å². The lowest BCUT2D eigenvalue weighted by Gasteiger charge is -2.18. The summed E-state index contributed by atoms with van der Waals surface area (Å²) < 4.78 is 7.41. The molecule has 0 saturated heterocycles. The van der Waals surface area contributed by atoms with Crippen molar-refractivity contribution in [1.82, 2.24) is 19.3 Å². The molecule has 0 fully saturated rings. The normalized spacial score (nSPS) is 11.3. The highest BCUT2D eigenvalue weighted by atomic mass is 35.5. The average molecular weight is 387 g/mol. The Kier molecular flexibility index (Phi) is 6.42. The fourth-order valence-electron chi connectivity index (χ4n) is 2.94. The van der Waals surface area contributed by atoms with E-state index in [0.717, 1.165) is 31.6 Å². The van der Waals surface area contributed by atoms with E-state index in [1.54, 1.807) is 42.9 Å². The lowest BCUT2D eigenvalue weighted by molar-refractivity contribution is 0.245. The molecule has 0 aliphatic carbocycles. The summed E-state index contributed by atoms with van der Waals surface area (Å²) in [5, 5.41) is 0.610. The molecule has 0 bridgehead atoms. The lowest BCUT2D eigenvalue weighted by Crippen LogP contribution is -2.25. The van der Waals surface area contributed by atoms with Crippen LogP contribution in [0.2, 0.25) is 5.02 Å². The first-order valence-corrected chi connectivity index (χ1v) is 9.49. The number of rotatable bonds is 8. The molecule has 142 valence electrons. The minimum atomic E-state index is -0.191. The van der Waals surface area contributed by atoms with Gasteiger partial charge in [-0.2, -0.15) is 4.98 Å². The van der Waals surface area contributed by atoms with Crippen molar-refractivity contribution in [2.24, 2.45) is 0 Å². The van der Waals surface area contributed by atoms with Gasteiger partial charge < -0.3 is 9.64 Å². The molecular weight excluding hydrogens is 364 g/mol. The van der Waals surface area contributed by atoms with Crippen molar-refractivity contribution >= 4 is 17.2 Å². The molecule has 1 aromatic carbocycles. The Balaban J connectivity index is 1.93. The van der Waals surface area contributed by atoms with E-state index in [2.05, 4.69) is 28.7 Å². The van der Waals surface area contributed by atoms with E-state index >= 15 is 0 Å². The van der Waals surface area contributed by atoms with E-state index in [4.69, 9.17) is 16.3 Å². The number of nitrogens with zero attached hydrogens (tertiary/aromatic N) is 4. The minimum Gasteiger partial charge on any atom is -0.477 e. The highest BCUT2D eigenvalue weighted by Crippen LogP contribution is 2.26. The highest BCUT2D eigenvalue weighted by molar-refractivity contribution is 6.30. The number of hydrogen-bond donors (Lipinski definition) is 0. The number of fused-ring (bicyclic) bond motifs is 1. The van der Waals surface area contributed by atoms with Crippen LogP contribution in [0.4, 0.5) is 0 Å². The van der Waals surface area contributed by atoms with Crippen molar-refractivity contribution in [3.8, 4) is 17.0 Å². The molecule has 0 amide bonds. The van der Waals surface area contributed by atoms with Crippen LogP contribution in [-0.4, -0.2) is 45.5 Å². The summed E-state index contributed by atoms with van der Waals surface area (Å²) in [5.41, 5.74) is 1.42. The summed E-state index contributed by atoms with van der Waals surface area (Å²) in [6, 6.07) is 7.11. The first-order chi connectivity index (χ1) is 13.1. The molecule has 0 aliphatic rings. The molecule has 2 heterocycles. The fraction of sp³-hybridized carbons (Fsp3) is 0.350. The van der Waals surface area contributed by atoms with Crippen molar-refractivity contribution in [2.75, 3.05) is 26.2 Å². The maximum absolute atomic E-state index is 13.0. The maximum atomic E-state index is 13.0. The molecule has 27 heavy (non-hydrogen) atoms. The molecule has 0 N–H and O–H groups in total. The van der Waals surface area contributed by atoms with Crippen LogP contribution in [-0.2, 0) is 0 Å². The number of ether oxygens (including phenoxy) is 1. The first kappa shape index (κ1) is 19.3. The Hall–Kier alpha value is -2.44. The summed E-state index contributed by atoms with van der Waals surface area (Å²) >= 11 is 5.99. The van der Waals surface area contributed by atoms with Gasteiger partial charge in [0, 0.05) is 24.0 Å². The molecule has 0 aliphatic heterocycles. The summed E-state index contributed by atoms with van der Waals surface area (Å²) in [4.78, 5) is 23.9. The van der Waals surface area contributed by atoms with Gasteiger partial charge >= 0.3 is 0 Å². The molecule has 0 unspecified atom stereocenters. The Morgan fingerprint density at radius 3 is 2.63 bits per heavy atom. The topological polar surface area (TPSA) is 59.7 Å². The van der Waals surface area contributed by atoms with E-state index in [1.807, 2.05) is 0 Å². The van der Waals surface area contributed by atoms with E-state index in [9.17, 15) is 4.79 Å². The first-order valence-electron chi connectivity index (χ1n) is 9.11. The van der Waals surface area contributed by atoms with Crippen LogP contribution in [0.1, 0.15) is 20.3 Å². The molecule has 7 heteroatoms. The highest BCUT2D eigenvalue weighted by Gasteiger charge is 2.16. The van der Waals surface area contributed by atoms with Crippen LogP contribution >= 0.6 is 11.6 Å². The molecule has 3 rings (SSSR count). The number of hydrogen-bond acceptors (Lipinski definition) is 5. The lowest BCUT2D eigenvalue weighted by atomic mass is 10.1. The van der Waals surface area contributed by atoms with E-state index in [-0.39, 0.29) is 5.56 Å². The molecule has 3 aromatic rings. The van der Waals surface area contributed by atoms with Crippen LogP contribution in [0.25, 0.3) is 16.8 Å². The maximum Gasteiger partial charge on any atom is 0.269 e. The zero-order valence-corrected chi connectivity index (χ0v) is 16.3. The second-order valence-electron chi connectivity index (χ2n) is 6.14. The number of aromatic nitrogens is 3. The second kappa shape index (κ2) is 8.97. The molecule has 0 atom stereocenters. The van der Waals surface area contributed by atoms with Gasteiger partial charge in [-0.25, -0.2) is 0 Å². The summed E-state index contributed by atoms with van der Waals surface area (Å²) in [5.74, 6) is 0.329. The third kappa shape index (κ3) is 4.46. The van der Waals surface area contributed by atoms with Gasteiger partial charge in [0.2, 0.25) is 5.88 Å². The van der Waals surface area contributed by atoms with Gasteiger partial charge in [0.05, 0.1) is 12.8 Å². The Morgan fingerprint density at radius 2 is 1.93 bits per heavy atom. The smallest absolute Gasteiger partial charge is 0.269 e. The summed E-state index contributed by atoms with van der Waals surface area (Å²) in [6.07, 6.45) is 5.58. The third-order valence-electron chi connectivity index (χ3n) is 4.49. The molecule has 2 aromatic heterocycles. The second-order valence-corrected chi connectivity index (χ2v) is 6.57. The van der Waals surface area contributed by atoms with Gasteiger partial charge in [-0.05, 0) is 37.2 Å². The SMILES string of the molecule is CCN(CC)CCCOc1nc2cnccn2c(=O)c1-c1ccc(Cl)cc1. The molecular formula is C20H23ClN4O2. The summed E-state index contributed by atoms with van der Waals surface area (Å²) in [7, 11) is 0. The van der Waals surface area contributed by atoms with Crippen molar-refractivity contribution in [3.05, 3.63) is 58.2 Å². The molecule has 0 spiro atoms. The van der Waals surface area contributed by atoms with Crippen molar-refractivity contribution in [3.63, 3.8) is 0 Å². The van der Waals surface area contributed by atoms with E-state index < -0.39 is 0 Å². The van der Waals surface area contributed by atoms with Crippen LogP contribution in [0.3, 0.4) is 0 Å². The Bertz CT molecular complexity index is 952. The Morgan fingerprint density at radius 1 is 1.19 bits per heavy atom. The standard InChI is InChI=1S/C20H23ClN4O2/c1-3-24(4-2)11-5-13-27-19-18(15-6-8-16(21)9-7-15)20(26)25-12-10-22-14-17(25)23-19/h6-10,12,14H,3-5,11,13H2,1-2H3. The number of benzene rings is 1.